The summed E-state index contributed by atoms with van der Waals surface area (Å²) in [5.74, 6) is 0.354. The number of rotatable bonds is 7. The van der Waals surface area contributed by atoms with Gasteiger partial charge >= 0.3 is 0 Å². The van der Waals surface area contributed by atoms with Crippen LogP contribution < -0.4 is 20.1 Å². The molecule has 0 aliphatic rings. The Hall–Kier alpha value is -2.54. The molecule has 0 aliphatic carbocycles. The highest BCUT2D eigenvalue weighted by molar-refractivity contribution is 9.10. The molecular weight excluding hydrogens is 388 g/mol. The molecule has 0 unspecified atom stereocenters. The fourth-order valence-corrected chi connectivity index (χ4v) is 2.60. The summed E-state index contributed by atoms with van der Waals surface area (Å²) >= 11 is 3.38. The largest absolute Gasteiger partial charge is 0.493 e. The van der Waals surface area contributed by atoms with Crippen LogP contribution in [0.25, 0.3) is 0 Å². The monoisotopic (exact) mass is 406 g/mol. The lowest BCUT2D eigenvalue weighted by molar-refractivity contribution is -0.120. The first-order valence-electron chi connectivity index (χ1n) is 7.55. The first-order chi connectivity index (χ1) is 12.0. The molecule has 2 aromatic carbocycles. The van der Waals surface area contributed by atoms with E-state index in [9.17, 15) is 9.59 Å². The summed E-state index contributed by atoms with van der Waals surface area (Å²) in [4.78, 5) is 24.0. The molecule has 25 heavy (non-hydrogen) atoms. The highest BCUT2D eigenvalue weighted by Gasteiger charge is 2.11. The third-order valence-electron chi connectivity index (χ3n) is 3.43. The number of nitrogens with one attached hydrogen (secondary N) is 2. The van der Waals surface area contributed by atoms with Crippen LogP contribution in [0.4, 0.5) is 0 Å². The van der Waals surface area contributed by atoms with Gasteiger partial charge < -0.3 is 20.1 Å². The lowest BCUT2D eigenvalue weighted by atomic mass is 10.2. The van der Waals surface area contributed by atoms with Crippen molar-refractivity contribution in [1.29, 1.82) is 0 Å². The Labute approximate surface area is 154 Å². The van der Waals surface area contributed by atoms with Crippen LogP contribution in [0.5, 0.6) is 11.5 Å². The van der Waals surface area contributed by atoms with E-state index in [4.69, 9.17) is 9.47 Å². The molecule has 0 spiro atoms. The molecule has 0 bridgehead atoms. The quantitative estimate of drug-likeness (QED) is 0.740. The zero-order chi connectivity index (χ0) is 18.2. The van der Waals surface area contributed by atoms with E-state index in [0.29, 0.717) is 23.6 Å². The summed E-state index contributed by atoms with van der Waals surface area (Å²) < 4.78 is 11.2. The van der Waals surface area contributed by atoms with Gasteiger partial charge in [-0.3, -0.25) is 9.59 Å². The van der Waals surface area contributed by atoms with Crippen molar-refractivity contribution >= 4 is 27.7 Å². The zero-order valence-corrected chi connectivity index (χ0v) is 15.6. The number of carbonyl (C=O) groups is 2. The van der Waals surface area contributed by atoms with Gasteiger partial charge in [-0.2, -0.15) is 0 Å². The molecule has 0 atom stereocenters. The summed E-state index contributed by atoms with van der Waals surface area (Å²) in [7, 11) is 3.02. The number of hydrogen-bond acceptors (Lipinski definition) is 4. The van der Waals surface area contributed by atoms with E-state index in [1.165, 1.54) is 14.2 Å². The fourth-order valence-electron chi connectivity index (χ4n) is 2.15. The normalized spacial score (nSPS) is 10.0. The minimum absolute atomic E-state index is 0.110. The standard InChI is InChI=1S/C18H19BrN2O4/c1-24-15-7-6-13(9-16(15)25-2)18(23)21-11-17(22)20-10-12-4-3-5-14(19)8-12/h3-9H,10-11H2,1-2H3,(H,20,22)(H,21,23). The van der Waals surface area contributed by atoms with Crippen LogP contribution in [0.15, 0.2) is 46.9 Å². The van der Waals surface area contributed by atoms with E-state index >= 15 is 0 Å². The van der Waals surface area contributed by atoms with Gasteiger partial charge in [0.2, 0.25) is 5.91 Å². The summed E-state index contributed by atoms with van der Waals surface area (Å²) in [6.45, 7) is 0.283. The summed E-state index contributed by atoms with van der Waals surface area (Å²) in [6, 6.07) is 12.4. The molecule has 2 amide bonds. The Kier molecular flexibility index (Phi) is 6.82. The maximum atomic E-state index is 12.1. The van der Waals surface area contributed by atoms with Gasteiger partial charge in [-0.1, -0.05) is 28.1 Å². The summed E-state index contributed by atoms with van der Waals surface area (Å²) in [5.41, 5.74) is 1.35. The van der Waals surface area contributed by atoms with Crippen LogP contribution in [-0.2, 0) is 11.3 Å². The van der Waals surface area contributed by atoms with Gasteiger partial charge in [0.15, 0.2) is 11.5 Å². The number of benzene rings is 2. The van der Waals surface area contributed by atoms with E-state index < -0.39 is 0 Å². The van der Waals surface area contributed by atoms with Crippen LogP contribution >= 0.6 is 15.9 Å². The average molecular weight is 407 g/mol. The molecule has 0 fully saturated rings. The average Bonchev–Trinajstić information content (AvgIpc) is 2.63. The molecule has 0 saturated carbocycles. The third kappa shape index (κ3) is 5.49. The molecule has 2 aromatic rings. The van der Waals surface area contributed by atoms with E-state index in [0.717, 1.165) is 10.0 Å². The van der Waals surface area contributed by atoms with E-state index in [-0.39, 0.29) is 18.4 Å². The van der Waals surface area contributed by atoms with Crippen molar-refractivity contribution in [3.05, 3.63) is 58.1 Å². The molecule has 7 heteroatoms. The fraction of sp³-hybridized carbons (Fsp3) is 0.222. The van der Waals surface area contributed by atoms with E-state index in [1.54, 1.807) is 18.2 Å². The smallest absolute Gasteiger partial charge is 0.251 e. The minimum atomic E-state index is -0.362. The van der Waals surface area contributed by atoms with Crippen molar-refractivity contribution in [2.75, 3.05) is 20.8 Å². The molecule has 132 valence electrons. The van der Waals surface area contributed by atoms with Gasteiger partial charge in [-0.25, -0.2) is 0 Å². The van der Waals surface area contributed by atoms with Gasteiger partial charge in [-0.15, -0.1) is 0 Å². The highest BCUT2D eigenvalue weighted by atomic mass is 79.9. The van der Waals surface area contributed by atoms with Crippen LogP contribution in [-0.4, -0.2) is 32.6 Å². The maximum absolute atomic E-state index is 12.1. The molecule has 2 rings (SSSR count). The third-order valence-corrected chi connectivity index (χ3v) is 3.93. The molecule has 0 aromatic heterocycles. The number of hydrogen-bond donors (Lipinski definition) is 2. The second kappa shape index (κ2) is 9.08. The van der Waals surface area contributed by atoms with Crippen molar-refractivity contribution in [1.82, 2.24) is 10.6 Å². The molecule has 2 N–H and O–H groups in total. The lowest BCUT2D eigenvalue weighted by Gasteiger charge is -2.10. The van der Waals surface area contributed by atoms with Crippen molar-refractivity contribution in [2.24, 2.45) is 0 Å². The summed E-state index contributed by atoms with van der Waals surface area (Å²) in [5, 5.41) is 5.33. The van der Waals surface area contributed by atoms with Crippen molar-refractivity contribution < 1.29 is 19.1 Å². The zero-order valence-electron chi connectivity index (χ0n) is 14.0. The van der Waals surface area contributed by atoms with E-state index in [2.05, 4.69) is 26.6 Å². The molecule has 0 radical (unpaired) electrons. The molecule has 0 heterocycles. The molecule has 0 saturated heterocycles. The lowest BCUT2D eigenvalue weighted by Crippen LogP contribution is -2.36. The minimum Gasteiger partial charge on any atom is -0.493 e. The Balaban J connectivity index is 1.85. The van der Waals surface area contributed by atoms with Crippen LogP contribution in [0.1, 0.15) is 15.9 Å². The van der Waals surface area contributed by atoms with E-state index in [1.807, 2.05) is 24.3 Å². The van der Waals surface area contributed by atoms with Crippen LogP contribution in [0, 0.1) is 0 Å². The van der Waals surface area contributed by atoms with Crippen LogP contribution in [0.2, 0.25) is 0 Å². The number of amides is 2. The van der Waals surface area contributed by atoms with Gasteiger partial charge in [-0.05, 0) is 35.9 Å². The molecular formula is C18H19BrN2O4. The van der Waals surface area contributed by atoms with Gasteiger partial charge in [0, 0.05) is 16.6 Å². The highest BCUT2D eigenvalue weighted by Crippen LogP contribution is 2.27. The molecule has 6 nitrogen and oxygen atoms in total. The van der Waals surface area contributed by atoms with Crippen molar-refractivity contribution in [2.45, 2.75) is 6.54 Å². The van der Waals surface area contributed by atoms with Crippen molar-refractivity contribution in [3.63, 3.8) is 0 Å². The predicted octanol–water partition coefficient (Wildman–Crippen LogP) is 2.51. The van der Waals surface area contributed by atoms with Crippen LogP contribution in [0.3, 0.4) is 0 Å². The topological polar surface area (TPSA) is 76.7 Å². The number of halogens is 1. The second-order valence-corrected chi connectivity index (χ2v) is 6.07. The second-order valence-electron chi connectivity index (χ2n) is 5.16. The number of carbonyl (C=O) groups excluding carboxylic acids is 2. The Morgan fingerprint density at radius 1 is 1.00 bits per heavy atom. The first kappa shape index (κ1) is 18.8. The number of methoxy groups -OCH3 is 2. The van der Waals surface area contributed by atoms with Gasteiger partial charge in [0.05, 0.1) is 20.8 Å². The predicted molar refractivity (Wildman–Crippen MR) is 97.9 cm³/mol. The van der Waals surface area contributed by atoms with Gasteiger partial charge in [0.1, 0.15) is 0 Å². The number of ether oxygens (including phenoxy) is 2. The Morgan fingerprint density at radius 3 is 2.44 bits per heavy atom. The van der Waals surface area contributed by atoms with Crippen molar-refractivity contribution in [3.8, 4) is 11.5 Å². The van der Waals surface area contributed by atoms with Gasteiger partial charge in [0.25, 0.3) is 5.91 Å². The SMILES string of the molecule is COc1ccc(C(=O)NCC(=O)NCc2cccc(Br)c2)cc1OC. The summed E-state index contributed by atoms with van der Waals surface area (Å²) in [6.07, 6.45) is 0. The maximum Gasteiger partial charge on any atom is 0.251 e. The molecule has 0 aliphatic heterocycles. The Morgan fingerprint density at radius 2 is 1.76 bits per heavy atom. The first-order valence-corrected chi connectivity index (χ1v) is 8.34. The Bertz CT molecular complexity index is 764.